The number of aryl methyl sites for hydroxylation is 3. The number of hydrogen-bond acceptors (Lipinski definition) is 3. The van der Waals surface area contributed by atoms with Gasteiger partial charge in [0, 0.05) is 43.5 Å². The molecular formula is C56H39NO2. The maximum absolute atomic E-state index is 6.33. The molecule has 4 atom stereocenters. The second kappa shape index (κ2) is 8.73. The van der Waals surface area contributed by atoms with E-state index in [1.807, 2.05) is 5.57 Å². The van der Waals surface area contributed by atoms with E-state index in [-0.39, 0.29) is 5.41 Å². The highest BCUT2D eigenvalue weighted by molar-refractivity contribution is 6.60. The Morgan fingerprint density at radius 2 is 1.47 bits per heavy atom. The van der Waals surface area contributed by atoms with E-state index >= 15 is 0 Å². The molecule has 0 N–H and O–H groups in total. The van der Waals surface area contributed by atoms with Gasteiger partial charge >= 0.3 is 0 Å². The minimum absolute atomic E-state index is 0.0594. The largest absolute Gasteiger partial charge is 0.382 e. The second-order valence-corrected chi connectivity index (χ2v) is 20.8. The van der Waals surface area contributed by atoms with Crippen LogP contribution in [0.5, 0.6) is 0 Å². The summed E-state index contributed by atoms with van der Waals surface area (Å²) in [6.07, 6.45) is 12.2. The fourth-order valence-electron chi connectivity index (χ4n) is 17.4. The van der Waals surface area contributed by atoms with E-state index in [9.17, 15) is 0 Å². The first kappa shape index (κ1) is 29.2. The van der Waals surface area contributed by atoms with Crippen LogP contribution in [0.25, 0.3) is 114 Å². The quantitative estimate of drug-likeness (QED) is 0.109. The van der Waals surface area contributed by atoms with Gasteiger partial charge < -0.3 is 9.47 Å². The topological polar surface area (TPSA) is 21.7 Å². The molecule has 1 fully saturated rings. The smallest absolute Gasteiger partial charge is 0.0700 e. The molecule has 19 rings (SSSR count). The molecule has 3 nitrogen and oxygen atoms in total. The van der Waals surface area contributed by atoms with Crippen LogP contribution >= 0.6 is 0 Å². The summed E-state index contributed by atoms with van der Waals surface area (Å²) in [5.41, 5.74) is 16.7. The van der Waals surface area contributed by atoms with Crippen LogP contribution < -0.4 is 15.7 Å². The van der Waals surface area contributed by atoms with E-state index in [1.54, 1.807) is 164 Å². The second-order valence-electron chi connectivity index (χ2n) is 20.8. The van der Waals surface area contributed by atoms with Gasteiger partial charge in [0.15, 0.2) is 0 Å². The Balaban J connectivity index is 1.00. The summed E-state index contributed by atoms with van der Waals surface area (Å²) in [7, 11) is 1.79. The SMILES string of the molecule is COCCOCCN1CC2C3=c4c5c6c7c(cc8cc9c%10c%11c%12c%13c(cc%14c%15c(c4c4c5c5c7c8c%10c5c%12c4c%15%13)=C(C3)C%14)=CC%11C9)CC62C1CCc1ccc2c(c1)CC2. The van der Waals surface area contributed by atoms with E-state index in [1.165, 1.54) is 31.1 Å². The number of benzene rings is 8. The first-order valence-electron chi connectivity index (χ1n) is 22.9. The van der Waals surface area contributed by atoms with Crippen molar-refractivity contribution in [3.8, 4) is 0 Å². The first-order valence-corrected chi connectivity index (χ1v) is 22.9. The lowest BCUT2D eigenvalue weighted by molar-refractivity contribution is 0.0518. The highest BCUT2D eigenvalue weighted by atomic mass is 16.5. The van der Waals surface area contributed by atoms with Crippen LogP contribution in [0.15, 0.2) is 36.4 Å². The van der Waals surface area contributed by atoms with Gasteiger partial charge in [0.1, 0.15) is 0 Å². The van der Waals surface area contributed by atoms with Gasteiger partial charge in [-0.3, -0.25) is 4.90 Å². The summed E-state index contributed by atoms with van der Waals surface area (Å²) in [5.74, 6) is 1.00. The van der Waals surface area contributed by atoms with Crippen LogP contribution in [-0.2, 0) is 53.4 Å². The minimum atomic E-state index is 0.0594. The van der Waals surface area contributed by atoms with Crippen molar-refractivity contribution >= 4 is 114 Å². The molecule has 59 heavy (non-hydrogen) atoms. The Kier molecular flexibility index (Phi) is 4.32. The zero-order valence-corrected chi connectivity index (χ0v) is 33.2. The Morgan fingerprint density at radius 3 is 2.36 bits per heavy atom. The predicted octanol–water partition coefficient (Wildman–Crippen LogP) is 8.61. The molecule has 3 heteroatoms. The molecule has 4 unspecified atom stereocenters. The fraction of sp³-hybridized carbons (Fsp3) is 0.321. The van der Waals surface area contributed by atoms with Crippen molar-refractivity contribution < 1.29 is 9.47 Å². The van der Waals surface area contributed by atoms with Crippen LogP contribution in [-0.4, -0.2) is 51.0 Å². The van der Waals surface area contributed by atoms with Crippen LogP contribution in [0.3, 0.4) is 0 Å². The average Bonchev–Trinajstić information content (AvgIpc) is 4.08. The number of nitrogens with zero attached hydrogens (tertiary/aromatic N) is 1. The van der Waals surface area contributed by atoms with Gasteiger partial charge in [-0.05, 0) is 208 Å². The van der Waals surface area contributed by atoms with Crippen LogP contribution in [0.1, 0.15) is 63.3 Å². The molecular weight excluding hydrogens is 719 g/mol. The molecule has 7 aliphatic carbocycles. The van der Waals surface area contributed by atoms with Crippen LogP contribution in [0.2, 0.25) is 0 Å². The lowest BCUT2D eigenvalue weighted by atomic mass is 9.60. The number of rotatable bonds is 9. The van der Waals surface area contributed by atoms with Crippen molar-refractivity contribution in [1.82, 2.24) is 4.90 Å². The number of ether oxygens (including phenoxy) is 2. The van der Waals surface area contributed by atoms with E-state index in [0.717, 1.165) is 45.4 Å². The van der Waals surface area contributed by atoms with Gasteiger partial charge in [0.25, 0.3) is 0 Å². The third-order valence-electron chi connectivity index (χ3n) is 19.0. The van der Waals surface area contributed by atoms with Gasteiger partial charge in [0.2, 0.25) is 0 Å². The van der Waals surface area contributed by atoms with Gasteiger partial charge in [0.05, 0.1) is 19.8 Å². The Morgan fingerprint density at radius 1 is 0.661 bits per heavy atom. The standard InChI is InChI=1S/C56H39NO2/c1-58-10-11-59-9-8-57-21-33-32-19-30-17-27-15-28-14-25-13-26-16-29-18-31-20-56(33,34(57)7-3-22-2-4-23-5-6-24(23)12-22)55-41(31)46-40(29)45-36(26)35(25)43-39(28)44-37(27)38(30)47-42(32)54(55)53-51(46)49(45)48(43)50(44)52(47)53/h2,4,12,14-16,18,25,33-34H,3,5-11,13,17,19-21H2,1H3. The number of likely N-dealkylation sites (tertiary alicyclic amines) is 1. The Bertz CT molecular complexity index is 4090. The third-order valence-corrected chi connectivity index (χ3v) is 19.0. The molecule has 1 heterocycles. The van der Waals surface area contributed by atoms with Gasteiger partial charge in [-0.1, -0.05) is 53.6 Å². The van der Waals surface area contributed by atoms with E-state index in [4.69, 9.17) is 9.47 Å². The predicted molar refractivity (Wildman–Crippen MR) is 241 cm³/mol. The Labute approximate surface area is 338 Å². The zero-order valence-electron chi connectivity index (χ0n) is 33.2. The highest BCUT2D eigenvalue weighted by Crippen LogP contribution is 2.68. The van der Waals surface area contributed by atoms with E-state index in [2.05, 4.69) is 47.4 Å². The lowest BCUT2D eigenvalue weighted by Gasteiger charge is -2.43. The molecule has 1 spiro atoms. The summed E-state index contributed by atoms with van der Waals surface area (Å²) in [6, 6.07) is 16.1. The van der Waals surface area contributed by atoms with E-state index < -0.39 is 0 Å². The molecule has 0 amide bonds. The van der Waals surface area contributed by atoms with Crippen molar-refractivity contribution in [1.29, 1.82) is 0 Å². The molecule has 11 aromatic carbocycles. The van der Waals surface area contributed by atoms with Gasteiger partial charge in [-0.2, -0.15) is 0 Å². The van der Waals surface area contributed by atoms with Crippen molar-refractivity contribution in [3.63, 3.8) is 0 Å². The lowest BCUT2D eigenvalue weighted by Crippen LogP contribution is -2.48. The first-order chi connectivity index (χ1) is 29.2. The molecule has 11 aromatic rings. The summed E-state index contributed by atoms with van der Waals surface area (Å²) in [5, 5.41) is 34.7. The number of methoxy groups -OCH3 is 1. The van der Waals surface area contributed by atoms with Crippen molar-refractivity contribution in [2.75, 3.05) is 40.0 Å². The molecule has 0 aromatic heterocycles. The molecule has 8 aliphatic rings. The number of hydrogen-bond donors (Lipinski definition) is 0. The summed E-state index contributed by atoms with van der Waals surface area (Å²) in [6.45, 7) is 4.22. The minimum Gasteiger partial charge on any atom is -0.382 e. The van der Waals surface area contributed by atoms with Crippen molar-refractivity contribution in [3.05, 3.63) is 96.6 Å². The average molecular weight is 758 g/mol. The zero-order chi connectivity index (χ0) is 37.3. The van der Waals surface area contributed by atoms with Gasteiger partial charge in [-0.15, -0.1) is 0 Å². The van der Waals surface area contributed by atoms with Crippen molar-refractivity contribution in [2.24, 2.45) is 5.92 Å². The molecule has 0 radical (unpaired) electrons. The summed E-state index contributed by atoms with van der Waals surface area (Å²) < 4.78 is 11.8. The molecule has 0 bridgehead atoms. The maximum Gasteiger partial charge on any atom is 0.0700 e. The highest BCUT2D eigenvalue weighted by Gasteiger charge is 2.62. The normalized spacial score (nSPS) is 25.3. The molecule has 280 valence electrons. The number of fused-ring (bicyclic) bond motifs is 2. The maximum atomic E-state index is 6.33. The van der Waals surface area contributed by atoms with Crippen LogP contribution in [0.4, 0.5) is 0 Å². The third kappa shape index (κ3) is 2.64. The molecule has 1 aliphatic heterocycles. The summed E-state index contributed by atoms with van der Waals surface area (Å²) >= 11 is 0. The molecule has 1 saturated heterocycles. The summed E-state index contributed by atoms with van der Waals surface area (Å²) in [4.78, 5) is 2.96. The van der Waals surface area contributed by atoms with E-state index in [0.29, 0.717) is 31.1 Å². The van der Waals surface area contributed by atoms with Crippen molar-refractivity contribution in [2.45, 2.75) is 68.7 Å². The molecule has 0 saturated carbocycles. The van der Waals surface area contributed by atoms with Crippen LogP contribution in [0, 0.1) is 5.92 Å². The Hall–Kier alpha value is -5.06. The fourth-order valence-corrected chi connectivity index (χ4v) is 17.4. The van der Waals surface area contributed by atoms with Gasteiger partial charge in [-0.25, -0.2) is 0 Å². The monoisotopic (exact) mass is 757 g/mol.